The maximum absolute atomic E-state index is 13.5. The molecule has 0 atom stereocenters. The molecule has 1 aliphatic heterocycles. The highest BCUT2D eigenvalue weighted by atomic mass is 19.4. The molecule has 1 fully saturated rings. The number of nitriles is 1. The number of amides is 1. The van der Waals surface area contributed by atoms with Gasteiger partial charge in [-0.3, -0.25) is 9.78 Å². The fourth-order valence-corrected chi connectivity index (χ4v) is 4.15. The average Bonchev–Trinajstić information content (AvgIpc) is 2.93. The van der Waals surface area contributed by atoms with E-state index < -0.39 is 17.3 Å². The summed E-state index contributed by atoms with van der Waals surface area (Å²) >= 11 is 0. The minimum atomic E-state index is -4.72. The van der Waals surface area contributed by atoms with E-state index >= 15 is 0 Å². The molecule has 0 aliphatic carbocycles. The number of nitrogens with zero attached hydrogens (tertiary/aromatic N) is 7. The third-order valence-electron chi connectivity index (χ3n) is 6.11. The van der Waals surface area contributed by atoms with Crippen molar-refractivity contribution in [1.82, 2.24) is 24.8 Å². The zero-order valence-corrected chi connectivity index (χ0v) is 20.6. The Morgan fingerprint density at radius 1 is 1.05 bits per heavy atom. The Hall–Kier alpha value is -4.99. The number of benzene rings is 2. The molecule has 0 bridgehead atoms. The molecule has 1 N–H and O–H groups in total. The number of carbonyl (C=O) groups is 1. The summed E-state index contributed by atoms with van der Waals surface area (Å²) in [5.74, 6) is 0.510. The van der Waals surface area contributed by atoms with Gasteiger partial charge in [0.2, 0.25) is 17.8 Å². The van der Waals surface area contributed by atoms with E-state index in [1.807, 2.05) is 17.0 Å². The number of anilines is 3. The van der Waals surface area contributed by atoms with Gasteiger partial charge in [-0.2, -0.15) is 33.4 Å². The largest absolute Gasteiger partial charge is 0.422 e. The van der Waals surface area contributed by atoms with Crippen LogP contribution < -0.4 is 15.0 Å². The van der Waals surface area contributed by atoms with Crippen LogP contribution in [0.5, 0.6) is 11.8 Å². The summed E-state index contributed by atoms with van der Waals surface area (Å²) in [4.78, 5) is 32.8. The lowest BCUT2D eigenvalue weighted by Crippen LogP contribution is -2.48. The third-order valence-corrected chi connectivity index (χ3v) is 6.11. The highest BCUT2D eigenvalue weighted by Crippen LogP contribution is 2.34. The van der Waals surface area contributed by atoms with Crippen LogP contribution in [0, 0.1) is 11.3 Å². The van der Waals surface area contributed by atoms with E-state index in [0.717, 1.165) is 17.5 Å². The van der Waals surface area contributed by atoms with Gasteiger partial charge in [0.1, 0.15) is 5.52 Å². The van der Waals surface area contributed by atoms with Crippen molar-refractivity contribution in [3.63, 3.8) is 0 Å². The molecular weight excluding hydrogens is 513 g/mol. The number of halogens is 3. The molecule has 13 heteroatoms. The molecule has 10 nitrogen and oxygen atoms in total. The van der Waals surface area contributed by atoms with Crippen molar-refractivity contribution in [1.29, 1.82) is 5.26 Å². The van der Waals surface area contributed by atoms with E-state index in [9.17, 15) is 18.0 Å². The van der Waals surface area contributed by atoms with Gasteiger partial charge >= 0.3 is 12.2 Å². The number of ether oxygens (including phenoxy) is 1. The van der Waals surface area contributed by atoms with E-state index in [1.54, 1.807) is 35.4 Å². The molecule has 0 saturated carbocycles. The zero-order valence-electron chi connectivity index (χ0n) is 20.6. The number of piperazine rings is 1. The summed E-state index contributed by atoms with van der Waals surface area (Å²) < 4.78 is 46.5. The second-order valence-electron chi connectivity index (χ2n) is 8.66. The van der Waals surface area contributed by atoms with Crippen molar-refractivity contribution in [2.75, 3.05) is 36.4 Å². The highest BCUT2D eigenvalue weighted by molar-refractivity contribution is 5.84. The molecule has 2 aromatic carbocycles. The van der Waals surface area contributed by atoms with E-state index in [1.165, 1.54) is 13.0 Å². The van der Waals surface area contributed by atoms with Gasteiger partial charge in [0, 0.05) is 50.4 Å². The number of para-hydroxylation sites is 1. The Bertz CT molecular complexity index is 1570. The zero-order chi connectivity index (χ0) is 27.6. The topological polar surface area (TPSA) is 120 Å². The van der Waals surface area contributed by atoms with Gasteiger partial charge < -0.3 is 19.9 Å². The lowest BCUT2D eigenvalue weighted by molar-refractivity contribution is -0.137. The van der Waals surface area contributed by atoms with E-state index in [-0.39, 0.29) is 29.5 Å². The van der Waals surface area contributed by atoms with Crippen LogP contribution in [0.15, 0.2) is 54.7 Å². The number of alkyl halides is 3. The standard InChI is InChI=1S/C26H21F3N8O2/c1-16(38)36-10-12-37(13-11-36)24-33-23(32-19-8-7-18(15-30)20(14-19)26(27,28)29)34-25(35-24)39-21-6-2-4-17-5-3-9-31-22(17)21/h2-9,14H,10-13H2,1H3,(H,32,33,34,35). The lowest BCUT2D eigenvalue weighted by Gasteiger charge is -2.34. The van der Waals surface area contributed by atoms with Crippen molar-refractivity contribution in [2.45, 2.75) is 13.1 Å². The van der Waals surface area contributed by atoms with Crippen LogP contribution in [0.3, 0.4) is 0 Å². The third kappa shape index (κ3) is 5.64. The summed E-state index contributed by atoms with van der Waals surface area (Å²) in [5, 5.41) is 12.7. The Morgan fingerprint density at radius 3 is 2.54 bits per heavy atom. The first-order valence-electron chi connectivity index (χ1n) is 11.9. The van der Waals surface area contributed by atoms with Gasteiger partial charge in [-0.15, -0.1) is 0 Å². The van der Waals surface area contributed by atoms with Gasteiger partial charge in [-0.25, -0.2) is 0 Å². The highest BCUT2D eigenvalue weighted by Gasteiger charge is 2.34. The fourth-order valence-electron chi connectivity index (χ4n) is 4.15. The number of carbonyl (C=O) groups excluding carboxylic acids is 1. The fraction of sp³-hybridized carbons (Fsp3) is 0.231. The van der Waals surface area contributed by atoms with Crippen LogP contribution in [0.1, 0.15) is 18.1 Å². The first kappa shape index (κ1) is 25.7. The average molecular weight is 535 g/mol. The second kappa shape index (κ2) is 10.4. The Morgan fingerprint density at radius 2 is 1.82 bits per heavy atom. The van der Waals surface area contributed by atoms with Crippen LogP contribution in [0.2, 0.25) is 0 Å². The maximum atomic E-state index is 13.5. The normalized spacial score (nSPS) is 13.7. The molecule has 1 amide bonds. The number of rotatable bonds is 5. The Kier molecular flexibility index (Phi) is 6.84. The van der Waals surface area contributed by atoms with Crippen LogP contribution in [0.4, 0.5) is 30.8 Å². The first-order valence-corrected chi connectivity index (χ1v) is 11.9. The summed E-state index contributed by atoms with van der Waals surface area (Å²) in [5.41, 5.74) is -0.978. The Balaban J connectivity index is 1.51. The molecule has 39 heavy (non-hydrogen) atoms. The quantitative estimate of drug-likeness (QED) is 0.394. The molecule has 198 valence electrons. The number of aromatic nitrogens is 4. The number of pyridine rings is 1. The van der Waals surface area contributed by atoms with Gasteiger partial charge in [0.25, 0.3) is 0 Å². The van der Waals surface area contributed by atoms with Gasteiger partial charge in [0.15, 0.2) is 5.75 Å². The van der Waals surface area contributed by atoms with Crippen molar-refractivity contribution in [3.05, 3.63) is 65.9 Å². The minimum absolute atomic E-state index is 0.0256. The van der Waals surface area contributed by atoms with Crippen molar-refractivity contribution >= 4 is 34.4 Å². The van der Waals surface area contributed by atoms with E-state index in [2.05, 4.69) is 25.3 Å². The summed E-state index contributed by atoms with van der Waals surface area (Å²) in [6, 6.07) is 13.7. The number of nitrogens with one attached hydrogen (secondary N) is 1. The molecule has 0 radical (unpaired) electrons. The Labute approximate surface area is 220 Å². The van der Waals surface area contributed by atoms with Gasteiger partial charge in [0.05, 0.1) is 17.2 Å². The molecule has 2 aromatic heterocycles. The molecule has 0 spiro atoms. The molecule has 1 aliphatic rings. The monoisotopic (exact) mass is 534 g/mol. The molecule has 1 saturated heterocycles. The van der Waals surface area contributed by atoms with E-state index in [0.29, 0.717) is 37.4 Å². The summed E-state index contributed by atoms with van der Waals surface area (Å²) in [7, 11) is 0. The second-order valence-corrected chi connectivity index (χ2v) is 8.66. The molecular formula is C26H21F3N8O2. The predicted octanol–water partition coefficient (Wildman–Crippen LogP) is 4.51. The van der Waals surface area contributed by atoms with Crippen LogP contribution in [-0.4, -0.2) is 56.9 Å². The maximum Gasteiger partial charge on any atom is 0.417 e. The van der Waals surface area contributed by atoms with Crippen LogP contribution in [0.25, 0.3) is 10.9 Å². The summed E-state index contributed by atoms with van der Waals surface area (Å²) in [6.45, 7) is 3.29. The van der Waals surface area contributed by atoms with Crippen molar-refractivity contribution < 1.29 is 22.7 Å². The van der Waals surface area contributed by atoms with Gasteiger partial charge in [-0.05, 0) is 30.3 Å². The minimum Gasteiger partial charge on any atom is -0.422 e. The molecule has 0 unspecified atom stereocenters. The lowest BCUT2D eigenvalue weighted by atomic mass is 10.1. The van der Waals surface area contributed by atoms with E-state index in [4.69, 9.17) is 10.00 Å². The van der Waals surface area contributed by atoms with Gasteiger partial charge in [-0.1, -0.05) is 18.2 Å². The number of fused-ring (bicyclic) bond motifs is 1. The SMILES string of the molecule is CC(=O)N1CCN(c2nc(Nc3ccc(C#N)c(C(F)(F)F)c3)nc(Oc3cccc4cccnc34)n2)CC1. The molecule has 5 rings (SSSR count). The molecule has 3 heterocycles. The predicted molar refractivity (Wildman–Crippen MR) is 136 cm³/mol. The van der Waals surface area contributed by atoms with Crippen LogP contribution in [-0.2, 0) is 11.0 Å². The van der Waals surface area contributed by atoms with Crippen molar-refractivity contribution in [3.8, 4) is 17.8 Å². The number of hydrogen-bond donors (Lipinski definition) is 1. The smallest absolute Gasteiger partial charge is 0.417 e. The number of hydrogen-bond acceptors (Lipinski definition) is 9. The summed E-state index contributed by atoms with van der Waals surface area (Å²) in [6.07, 6.45) is -3.10. The first-order chi connectivity index (χ1) is 18.7. The molecule has 4 aromatic rings. The van der Waals surface area contributed by atoms with Crippen molar-refractivity contribution in [2.24, 2.45) is 0 Å². The van der Waals surface area contributed by atoms with Crippen LogP contribution >= 0.6 is 0 Å².